The van der Waals surface area contributed by atoms with E-state index in [0.29, 0.717) is 0 Å². The Balaban J connectivity index is 2.24. The van der Waals surface area contributed by atoms with Crippen LogP contribution in [0.1, 0.15) is 20.3 Å². The molecule has 0 aromatic rings. The standard InChI is InChI=1S/C7H16N2/c1-3-7(2)9-5-4-8-6-9/h7-8H,3-6H2,1-2H3. The Bertz CT molecular complexity index is 77.0. The summed E-state index contributed by atoms with van der Waals surface area (Å²) >= 11 is 0. The molecule has 1 rings (SSSR count). The van der Waals surface area contributed by atoms with Crippen LogP contribution in [0.3, 0.4) is 0 Å². The molecule has 9 heavy (non-hydrogen) atoms. The van der Waals surface area contributed by atoms with Gasteiger partial charge in [0, 0.05) is 25.8 Å². The number of hydrogen-bond donors (Lipinski definition) is 1. The molecule has 1 aliphatic heterocycles. The predicted octanol–water partition coefficient (Wildman–Crippen LogP) is 0.648. The van der Waals surface area contributed by atoms with Crippen LogP contribution in [0.2, 0.25) is 0 Å². The summed E-state index contributed by atoms with van der Waals surface area (Å²) in [5, 5.41) is 3.31. The highest BCUT2D eigenvalue weighted by molar-refractivity contribution is 4.70. The van der Waals surface area contributed by atoms with Crippen molar-refractivity contribution in [2.45, 2.75) is 26.3 Å². The van der Waals surface area contributed by atoms with E-state index in [1.807, 2.05) is 0 Å². The van der Waals surface area contributed by atoms with E-state index in [0.717, 1.165) is 12.7 Å². The van der Waals surface area contributed by atoms with Gasteiger partial charge < -0.3 is 5.32 Å². The second-order valence-electron chi connectivity index (χ2n) is 2.73. The first-order valence-corrected chi connectivity index (χ1v) is 3.79. The molecule has 0 saturated carbocycles. The highest BCUT2D eigenvalue weighted by atomic mass is 15.3. The van der Waals surface area contributed by atoms with Crippen molar-refractivity contribution >= 4 is 0 Å². The Morgan fingerprint density at radius 3 is 2.89 bits per heavy atom. The average Bonchev–Trinajstić information content (AvgIpc) is 2.37. The van der Waals surface area contributed by atoms with Gasteiger partial charge in [-0.25, -0.2) is 0 Å². The molecule has 1 aliphatic rings. The van der Waals surface area contributed by atoms with E-state index < -0.39 is 0 Å². The van der Waals surface area contributed by atoms with Gasteiger partial charge in [-0.05, 0) is 13.3 Å². The second-order valence-corrected chi connectivity index (χ2v) is 2.73. The maximum atomic E-state index is 3.31. The lowest BCUT2D eigenvalue weighted by atomic mass is 10.2. The molecule has 0 radical (unpaired) electrons. The molecule has 1 saturated heterocycles. The van der Waals surface area contributed by atoms with E-state index in [-0.39, 0.29) is 0 Å². The van der Waals surface area contributed by atoms with Crippen molar-refractivity contribution in [3.63, 3.8) is 0 Å². The summed E-state index contributed by atoms with van der Waals surface area (Å²) in [5.41, 5.74) is 0. The van der Waals surface area contributed by atoms with E-state index in [4.69, 9.17) is 0 Å². The van der Waals surface area contributed by atoms with Crippen LogP contribution in [0.5, 0.6) is 0 Å². The SMILES string of the molecule is CCC(C)N1CCNC1. The molecule has 1 atom stereocenters. The Morgan fingerprint density at radius 1 is 1.67 bits per heavy atom. The zero-order chi connectivity index (χ0) is 6.69. The van der Waals surface area contributed by atoms with Gasteiger partial charge in [-0.2, -0.15) is 0 Å². The van der Waals surface area contributed by atoms with Gasteiger partial charge in [-0.1, -0.05) is 6.92 Å². The van der Waals surface area contributed by atoms with Gasteiger partial charge in [-0.15, -0.1) is 0 Å². The third-order valence-corrected chi connectivity index (χ3v) is 2.10. The molecular weight excluding hydrogens is 112 g/mol. The van der Waals surface area contributed by atoms with Crippen LogP contribution < -0.4 is 5.32 Å². The molecule has 0 amide bonds. The lowest BCUT2D eigenvalue weighted by Gasteiger charge is -2.20. The average molecular weight is 128 g/mol. The summed E-state index contributed by atoms with van der Waals surface area (Å²) < 4.78 is 0. The quantitative estimate of drug-likeness (QED) is 0.587. The smallest absolute Gasteiger partial charge is 0.0484 e. The first-order valence-electron chi connectivity index (χ1n) is 3.79. The van der Waals surface area contributed by atoms with Gasteiger partial charge in [0.25, 0.3) is 0 Å². The van der Waals surface area contributed by atoms with Gasteiger partial charge >= 0.3 is 0 Å². The number of nitrogens with zero attached hydrogens (tertiary/aromatic N) is 1. The van der Waals surface area contributed by atoms with Crippen molar-refractivity contribution in [1.29, 1.82) is 0 Å². The third kappa shape index (κ3) is 1.66. The van der Waals surface area contributed by atoms with Crippen molar-refractivity contribution < 1.29 is 0 Å². The molecule has 1 N–H and O–H groups in total. The van der Waals surface area contributed by atoms with Crippen LogP contribution in [0, 0.1) is 0 Å². The van der Waals surface area contributed by atoms with Crippen LogP contribution in [0.4, 0.5) is 0 Å². The zero-order valence-corrected chi connectivity index (χ0v) is 6.35. The van der Waals surface area contributed by atoms with Crippen LogP contribution in [0.25, 0.3) is 0 Å². The van der Waals surface area contributed by atoms with Gasteiger partial charge in [-0.3, -0.25) is 4.90 Å². The summed E-state index contributed by atoms with van der Waals surface area (Å²) in [6.07, 6.45) is 1.27. The molecule has 1 unspecified atom stereocenters. The lowest BCUT2D eigenvalue weighted by Crippen LogP contribution is -2.31. The van der Waals surface area contributed by atoms with Crippen LogP contribution in [-0.4, -0.2) is 30.7 Å². The monoisotopic (exact) mass is 128 g/mol. The minimum absolute atomic E-state index is 0.764. The van der Waals surface area contributed by atoms with Crippen molar-refractivity contribution in [3.8, 4) is 0 Å². The first-order chi connectivity index (χ1) is 4.34. The summed E-state index contributed by atoms with van der Waals surface area (Å²) in [4.78, 5) is 2.47. The third-order valence-electron chi connectivity index (χ3n) is 2.10. The summed E-state index contributed by atoms with van der Waals surface area (Å²) in [6, 6.07) is 0.764. The molecule has 1 fully saturated rings. The van der Waals surface area contributed by atoms with Crippen molar-refractivity contribution in [3.05, 3.63) is 0 Å². The second kappa shape index (κ2) is 3.18. The Morgan fingerprint density at radius 2 is 2.44 bits per heavy atom. The van der Waals surface area contributed by atoms with Gasteiger partial charge in [0.05, 0.1) is 0 Å². The number of rotatable bonds is 2. The Hall–Kier alpha value is -0.0800. The summed E-state index contributed by atoms with van der Waals surface area (Å²) in [7, 11) is 0. The van der Waals surface area contributed by atoms with Crippen LogP contribution >= 0.6 is 0 Å². The molecule has 0 aliphatic carbocycles. The minimum atomic E-state index is 0.764. The van der Waals surface area contributed by atoms with Gasteiger partial charge in [0.1, 0.15) is 0 Å². The molecule has 0 aromatic heterocycles. The molecule has 1 heterocycles. The molecular formula is C7H16N2. The Labute approximate surface area is 57.2 Å². The molecule has 0 aromatic carbocycles. The fourth-order valence-electron chi connectivity index (χ4n) is 1.16. The Kier molecular flexibility index (Phi) is 2.49. The fraction of sp³-hybridized carbons (Fsp3) is 1.00. The number of nitrogens with one attached hydrogen (secondary N) is 1. The summed E-state index contributed by atoms with van der Waals surface area (Å²) in [5.74, 6) is 0. The molecule has 2 nitrogen and oxygen atoms in total. The minimum Gasteiger partial charge on any atom is -0.303 e. The van der Waals surface area contributed by atoms with Crippen molar-refractivity contribution in [1.82, 2.24) is 10.2 Å². The number of hydrogen-bond acceptors (Lipinski definition) is 2. The lowest BCUT2D eigenvalue weighted by molar-refractivity contribution is 0.250. The van der Waals surface area contributed by atoms with E-state index >= 15 is 0 Å². The van der Waals surface area contributed by atoms with Crippen LogP contribution in [-0.2, 0) is 0 Å². The zero-order valence-electron chi connectivity index (χ0n) is 6.35. The maximum absolute atomic E-state index is 3.31. The van der Waals surface area contributed by atoms with Gasteiger partial charge in [0.15, 0.2) is 0 Å². The highest BCUT2D eigenvalue weighted by Crippen LogP contribution is 2.03. The van der Waals surface area contributed by atoms with Crippen LogP contribution in [0.15, 0.2) is 0 Å². The van der Waals surface area contributed by atoms with E-state index in [1.54, 1.807) is 0 Å². The van der Waals surface area contributed by atoms with E-state index in [9.17, 15) is 0 Å². The van der Waals surface area contributed by atoms with Crippen molar-refractivity contribution in [2.75, 3.05) is 19.8 Å². The first kappa shape index (κ1) is 7.03. The van der Waals surface area contributed by atoms with Gasteiger partial charge in [0.2, 0.25) is 0 Å². The van der Waals surface area contributed by atoms with E-state index in [1.165, 1.54) is 19.5 Å². The highest BCUT2D eigenvalue weighted by Gasteiger charge is 2.14. The molecule has 0 bridgehead atoms. The normalized spacial score (nSPS) is 24.7. The van der Waals surface area contributed by atoms with Crippen molar-refractivity contribution in [2.24, 2.45) is 0 Å². The summed E-state index contributed by atoms with van der Waals surface area (Å²) in [6.45, 7) is 8.02. The topological polar surface area (TPSA) is 15.3 Å². The van der Waals surface area contributed by atoms with E-state index in [2.05, 4.69) is 24.1 Å². The fourth-order valence-corrected chi connectivity index (χ4v) is 1.16. The largest absolute Gasteiger partial charge is 0.303 e. The molecule has 2 heteroatoms. The predicted molar refractivity (Wildman–Crippen MR) is 39.3 cm³/mol. The maximum Gasteiger partial charge on any atom is 0.0484 e. The molecule has 54 valence electrons. The molecule has 0 spiro atoms.